The van der Waals surface area contributed by atoms with E-state index >= 15 is 0 Å². The number of carbonyl (C=O) groups is 1. The van der Waals surface area contributed by atoms with Crippen molar-refractivity contribution in [2.45, 2.75) is 91.9 Å². The minimum absolute atomic E-state index is 0.278. The number of rotatable bonds is 2. The molecule has 29 heavy (non-hydrogen) atoms. The molecule has 0 spiro atoms. The van der Waals surface area contributed by atoms with Crippen molar-refractivity contribution in [2.24, 2.45) is 11.3 Å². The first-order chi connectivity index (χ1) is 13.9. The van der Waals surface area contributed by atoms with Gasteiger partial charge >= 0.3 is 0 Å². The Hall–Kier alpha value is -1.38. The van der Waals surface area contributed by atoms with Gasteiger partial charge in [0.2, 0.25) is 5.91 Å². The second kappa shape index (κ2) is 16.4. The largest absolute Gasteiger partial charge is 0.346 e. The van der Waals surface area contributed by atoms with E-state index in [4.69, 9.17) is 0 Å². The first-order valence-electron chi connectivity index (χ1n) is 11.6. The predicted molar refractivity (Wildman–Crippen MR) is 125 cm³/mol. The van der Waals surface area contributed by atoms with Crippen LogP contribution in [0.5, 0.6) is 0 Å². The number of likely N-dealkylation sites (tertiary alicyclic amines) is 1. The Morgan fingerprint density at radius 3 is 1.66 bits per heavy atom. The van der Waals surface area contributed by atoms with Crippen LogP contribution < -0.4 is 0 Å². The van der Waals surface area contributed by atoms with E-state index in [1.165, 1.54) is 56.9 Å². The second-order valence-electron chi connectivity index (χ2n) is 8.72. The summed E-state index contributed by atoms with van der Waals surface area (Å²) in [7, 11) is 2.35. The molecule has 1 saturated heterocycles. The van der Waals surface area contributed by atoms with Crippen molar-refractivity contribution in [2.75, 3.05) is 20.8 Å². The first kappa shape index (κ1) is 27.6. The number of halogens is 1. The van der Waals surface area contributed by atoms with Crippen LogP contribution in [0.1, 0.15) is 91.0 Å². The van der Waals surface area contributed by atoms with E-state index in [9.17, 15) is 9.18 Å². The Morgan fingerprint density at radius 1 is 1.00 bits per heavy atom. The lowest BCUT2D eigenvalue weighted by Gasteiger charge is -2.37. The van der Waals surface area contributed by atoms with Gasteiger partial charge in [-0.1, -0.05) is 96.6 Å². The third-order valence-electron chi connectivity index (χ3n) is 6.36. The van der Waals surface area contributed by atoms with E-state index in [2.05, 4.69) is 45.0 Å². The summed E-state index contributed by atoms with van der Waals surface area (Å²) in [5, 5.41) is 0. The lowest BCUT2D eigenvalue weighted by atomic mass is 9.69. The van der Waals surface area contributed by atoms with E-state index in [1.807, 2.05) is 20.0 Å². The van der Waals surface area contributed by atoms with Crippen LogP contribution in [0.3, 0.4) is 0 Å². The van der Waals surface area contributed by atoms with E-state index in [0.717, 1.165) is 24.8 Å². The average molecular weight is 408 g/mol. The van der Waals surface area contributed by atoms with Gasteiger partial charge in [-0.2, -0.15) is 0 Å². The lowest BCUT2D eigenvalue weighted by Crippen LogP contribution is -2.23. The number of hydrogen-bond acceptors (Lipinski definition) is 1. The molecule has 0 radical (unpaired) electrons. The maximum atomic E-state index is 10.8. The van der Waals surface area contributed by atoms with Gasteiger partial charge in [-0.25, -0.2) is 0 Å². The Balaban J connectivity index is 0.000000358. The highest BCUT2D eigenvalue weighted by atomic mass is 19.1. The third kappa shape index (κ3) is 12.0. The molecule has 3 aliphatic rings. The Kier molecular flexibility index (Phi) is 15.6. The van der Waals surface area contributed by atoms with Crippen molar-refractivity contribution >= 4 is 5.91 Å². The molecule has 2 aliphatic carbocycles. The smallest absolute Gasteiger partial charge is 0.225 e. The zero-order chi connectivity index (χ0) is 22.1. The molecular weight excluding hydrogens is 361 g/mol. The van der Waals surface area contributed by atoms with Gasteiger partial charge in [-0.05, 0) is 36.7 Å². The normalized spacial score (nSPS) is 20.6. The SMILES string of the molecule is C1CCC1.CC1CCN(C)C1=O.CCC1(C)CCC1.CCc1ccccc1.CF. The van der Waals surface area contributed by atoms with Crippen LogP contribution >= 0.6 is 0 Å². The van der Waals surface area contributed by atoms with Crippen LogP contribution in [0.2, 0.25) is 0 Å². The molecule has 168 valence electrons. The maximum absolute atomic E-state index is 10.8. The summed E-state index contributed by atoms with van der Waals surface area (Å²) < 4.78 is 9.50. The minimum Gasteiger partial charge on any atom is -0.346 e. The zero-order valence-corrected chi connectivity index (χ0v) is 20.0. The molecule has 1 aromatic rings. The molecule has 0 bridgehead atoms. The Labute approximate surface area is 180 Å². The van der Waals surface area contributed by atoms with E-state index < -0.39 is 0 Å². The van der Waals surface area contributed by atoms with Gasteiger partial charge in [0, 0.05) is 19.5 Å². The molecular formula is C26H46FNO. The Bertz CT molecular complexity index is 487. The molecule has 1 aromatic carbocycles. The summed E-state index contributed by atoms with van der Waals surface area (Å²) in [4.78, 5) is 12.6. The highest BCUT2D eigenvalue weighted by Crippen LogP contribution is 2.42. The summed E-state index contributed by atoms with van der Waals surface area (Å²) in [5.74, 6) is 0.574. The number of carbonyl (C=O) groups excluding carboxylic acids is 1. The second-order valence-corrected chi connectivity index (χ2v) is 8.72. The summed E-state index contributed by atoms with van der Waals surface area (Å²) in [5.41, 5.74) is 2.17. The highest BCUT2D eigenvalue weighted by molar-refractivity contribution is 5.80. The molecule has 2 saturated carbocycles. The molecule has 0 aromatic heterocycles. The molecule has 0 N–H and O–H groups in total. The standard InChI is InChI=1S/C8H10.C7H14.C6H11NO.C4H8.CH3F/c1-2-8-6-4-3-5-7-8;1-3-7(2)5-4-6-7;1-5-3-4-7(2)6(5)8;1-2-4-3-1;1-2/h3-7H,2H2,1H3;3-6H2,1-2H3;5H,3-4H2,1-2H3;1-4H2;1H3. The van der Waals surface area contributed by atoms with Crippen molar-refractivity contribution in [3.05, 3.63) is 35.9 Å². The van der Waals surface area contributed by atoms with Crippen LogP contribution in [0, 0.1) is 11.3 Å². The van der Waals surface area contributed by atoms with Gasteiger partial charge in [0.1, 0.15) is 0 Å². The number of benzene rings is 1. The van der Waals surface area contributed by atoms with Crippen molar-refractivity contribution in [3.8, 4) is 0 Å². The van der Waals surface area contributed by atoms with E-state index in [-0.39, 0.29) is 5.92 Å². The number of aryl methyl sites for hydroxylation is 1. The van der Waals surface area contributed by atoms with Crippen molar-refractivity contribution in [3.63, 3.8) is 0 Å². The van der Waals surface area contributed by atoms with Crippen molar-refractivity contribution < 1.29 is 9.18 Å². The monoisotopic (exact) mass is 407 g/mol. The van der Waals surface area contributed by atoms with Crippen molar-refractivity contribution in [1.29, 1.82) is 0 Å². The summed E-state index contributed by atoms with van der Waals surface area (Å²) in [6, 6.07) is 10.5. The van der Waals surface area contributed by atoms with E-state index in [0.29, 0.717) is 13.1 Å². The van der Waals surface area contributed by atoms with Gasteiger partial charge < -0.3 is 4.90 Å². The topological polar surface area (TPSA) is 20.3 Å². The minimum atomic E-state index is 0.278. The number of amides is 1. The number of hydrogen-bond donors (Lipinski definition) is 0. The van der Waals surface area contributed by atoms with Gasteiger partial charge in [0.05, 0.1) is 7.18 Å². The fourth-order valence-corrected chi connectivity index (χ4v) is 3.09. The zero-order valence-electron chi connectivity index (χ0n) is 20.0. The molecule has 1 amide bonds. The molecule has 3 heteroatoms. The van der Waals surface area contributed by atoms with Crippen LogP contribution in [0.4, 0.5) is 4.39 Å². The highest BCUT2D eigenvalue weighted by Gasteiger charge is 2.28. The van der Waals surface area contributed by atoms with E-state index in [1.54, 1.807) is 4.90 Å². The lowest BCUT2D eigenvalue weighted by molar-refractivity contribution is -0.129. The maximum Gasteiger partial charge on any atom is 0.225 e. The summed E-state index contributed by atoms with van der Waals surface area (Å²) in [6.07, 6.45) is 14.0. The van der Waals surface area contributed by atoms with Gasteiger partial charge in [-0.3, -0.25) is 9.18 Å². The summed E-state index contributed by atoms with van der Waals surface area (Å²) >= 11 is 0. The first-order valence-corrected chi connectivity index (χ1v) is 11.6. The molecule has 1 heterocycles. The molecule has 1 atom stereocenters. The fraction of sp³-hybridized carbons (Fsp3) is 0.731. The average Bonchev–Trinajstić information content (AvgIpc) is 2.99. The predicted octanol–water partition coefficient (Wildman–Crippen LogP) is 7.47. The molecule has 3 fully saturated rings. The summed E-state index contributed by atoms with van der Waals surface area (Å²) in [6.45, 7) is 9.76. The van der Waals surface area contributed by atoms with Crippen molar-refractivity contribution in [1.82, 2.24) is 4.90 Å². The Morgan fingerprint density at radius 2 is 1.52 bits per heavy atom. The number of nitrogens with zero attached hydrogens (tertiary/aromatic N) is 1. The number of alkyl halides is 1. The van der Waals surface area contributed by atoms with Crippen LogP contribution in [0.25, 0.3) is 0 Å². The molecule has 1 aliphatic heterocycles. The molecule has 1 unspecified atom stereocenters. The fourth-order valence-electron chi connectivity index (χ4n) is 3.09. The van der Waals surface area contributed by atoms with Crippen LogP contribution in [-0.4, -0.2) is 31.6 Å². The van der Waals surface area contributed by atoms with Gasteiger partial charge in [-0.15, -0.1) is 0 Å². The van der Waals surface area contributed by atoms with Crippen LogP contribution in [0.15, 0.2) is 30.3 Å². The van der Waals surface area contributed by atoms with Gasteiger partial charge in [0.15, 0.2) is 0 Å². The third-order valence-corrected chi connectivity index (χ3v) is 6.36. The quantitative estimate of drug-likeness (QED) is 0.498. The van der Waals surface area contributed by atoms with Crippen LogP contribution in [-0.2, 0) is 11.2 Å². The molecule has 2 nitrogen and oxygen atoms in total. The van der Waals surface area contributed by atoms with Gasteiger partial charge in [0.25, 0.3) is 0 Å². The molecule has 4 rings (SSSR count).